The zero-order valence-electron chi connectivity index (χ0n) is 15.4. The first-order chi connectivity index (χ1) is 12.6. The third-order valence-electron chi connectivity index (χ3n) is 5.58. The molecule has 4 rings (SSSR count). The van der Waals surface area contributed by atoms with E-state index in [9.17, 15) is 5.11 Å². The highest BCUT2D eigenvalue weighted by molar-refractivity contribution is 5.85. The Kier molecular flexibility index (Phi) is 4.04. The van der Waals surface area contributed by atoms with Crippen LogP contribution in [0.15, 0.2) is 54.7 Å². The van der Waals surface area contributed by atoms with Crippen molar-refractivity contribution in [3.05, 3.63) is 60.3 Å². The van der Waals surface area contributed by atoms with Crippen LogP contribution in [0, 0.1) is 0 Å². The molecule has 0 aliphatic heterocycles. The molecule has 0 radical (unpaired) electrons. The molecule has 5 heteroatoms. The van der Waals surface area contributed by atoms with Crippen molar-refractivity contribution in [2.24, 2.45) is 7.05 Å². The van der Waals surface area contributed by atoms with Gasteiger partial charge < -0.3 is 9.67 Å². The number of aryl methyl sites for hydroxylation is 1. The molecule has 0 saturated carbocycles. The van der Waals surface area contributed by atoms with Crippen LogP contribution in [-0.2, 0) is 7.05 Å². The van der Waals surface area contributed by atoms with Crippen LogP contribution in [0.25, 0.3) is 21.9 Å². The Bertz CT molecular complexity index is 1060. The van der Waals surface area contributed by atoms with E-state index in [2.05, 4.69) is 33.2 Å². The summed E-state index contributed by atoms with van der Waals surface area (Å²) in [5, 5.41) is 21.5. The first-order valence-corrected chi connectivity index (χ1v) is 9.15. The predicted molar refractivity (Wildman–Crippen MR) is 104 cm³/mol. The molecular formula is C21H24N4O. The lowest BCUT2D eigenvalue weighted by molar-refractivity contribution is -0.00801. The van der Waals surface area contributed by atoms with Gasteiger partial charge in [0.2, 0.25) is 0 Å². The molecule has 2 heterocycles. The summed E-state index contributed by atoms with van der Waals surface area (Å²) in [6, 6.07) is 15.9. The van der Waals surface area contributed by atoms with E-state index in [4.69, 9.17) is 0 Å². The second-order valence-electron chi connectivity index (χ2n) is 6.95. The van der Waals surface area contributed by atoms with Crippen molar-refractivity contribution in [2.45, 2.75) is 38.3 Å². The minimum Gasteiger partial charge on any atom is -0.387 e. The maximum Gasteiger partial charge on any atom is 0.113 e. The lowest BCUT2D eigenvalue weighted by atomic mass is 9.84. The Morgan fingerprint density at radius 2 is 1.65 bits per heavy atom. The Morgan fingerprint density at radius 3 is 2.38 bits per heavy atom. The van der Waals surface area contributed by atoms with Gasteiger partial charge in [-0.3, -0.25) is 0 Å². The third kappa shape index (κ3) is 2.42. The molecule has 0 aliphatic rings. The smallest absolute Gasteiger partial charge is 0.113 e. The van der Waals surface area contributed by atoms with E-state index in [1.807, 2.05) is 62.0 Å². The van der Waals surface area contributed by atoms with Gasteiger partial charge in [-0.2, -0.15) is 0 Å². The molecule has 134 valence electrons. The highest BCUT2D eigenvalue weighted by Gasteiger charge is 2.39. The number of hydrogen-bond donors (Lipinski definition) is 1. The fraction of sp³-hybridized carbons (Fsp3) is 0.333. The Hall–Kier alpha value is -2.66. The molecule has 4 aromatic rings. The van der Waals surface area contributed by atoms with Gasteiger partial charge in [-0.05, 0) is 31.0 Å². The summed E-state index contributed by atoms with van der Waals surface area (Å²) in [6.45, 7) is 4.06. The molecule has 1 atom stereocenters. The van der Waals surface area contributed by atoms with Gasteiger partial charge in [0.15, 0.2) is 0 Å². The van der Waals surface area contributed by atoms with Crippen LogP contribution < -0.4 is 0 Å². The van der Waals surface area contributed by atoms with Gasteiger partial charge in [0.25, 0.3) is 0 Å². The molecule has 0 fully saturated rings. The Balaban J connectivity index is 2.03. The molecule has 0 aliphatic carbocycles. The molecule has 0 amide bonds. The molecule has 2 aromatic carbocycles. The summed E-state index contributed by atoms with van der Waals surface area (Å²) in [6.07, 6.45) is 3.37. The fourth-order valence-electron chi connectivity index (χ4n) is 3.95. The van der Waals surface area contributed by atoms with Gasteiger partial charge in [0.1, 0.15) is 11.6 Å². The highest BCUT2D eigenvalue weighted by atomic mass is 16.3. The van der Waals surface area contributed by atoms with E-state index in [1.165, 1.54) is 0 Å². The van der Waals surface area contributed by atoms with E-state index in [0.717, 1.165) is 27.5 Å². The Labute approximate surface area is 152 Å². The molecule has 0 bridgehead atoms. The first kappa shape index (κ1) is 16.8. The third-order valence-corrected chi connectivity index (χ3v) is 5.58. The van der Waals surface area contributed by atoms with Crippen molar-refractivity contribution < 1.29 is 5.11 Å². The van der Waals surface area contributed by atoms with Crippen LogP contribution in [0.3, 0.4) is 0 Å². The first-order valence-electron chi connectivity index (χ1n) is 9.15. The van der Waals surface area contributed by atoms with E-state index in [0.29, 0.717) is 12.8 Å². The molecule has 0 spiro atoms. The summed E-state index contributed by atoms with van der Waals surface area (Å²) in [5.74, 6) is 0. The van der Waals surface area contributed by atoms with Crippen LogP contribution in [0.4, 0.5) is 0 Å². The molecule has 0 saturated heterocycles. The number of aliphatic hydroxyl groups is 1. The second kappa shape index (κ2) is 6.25. The minimum atomic E-state index is -0.916. The fourth-order valence-corrected chi connectivity index (χ4v) is 3.95. The van der Waals surface area contributed by atoms with E-state index in [-0.39, 0.29) is 6.04 Å². The standard InChI is InChI=1S/C21H24N4O/c1-4-21(26,5-2)20(25-19-13-9-7-11-17(19)22-23-25)16-14-24(3)18-12-8-6-10-15(16)18/h6-14,20,26H,4-5H2,1-3H3. The quantitative estimate of drug-likeness (QED) is 0.592. The number of rotatable bonds is 5. The summed E-state index contributed by atoms with van der Waals surface area (Å²) < 4.78 is 4.01. The maximum atomic E-state index is 11.5. The van der Waals surface area contributed by atoms with Crippen LogP contribution in [0.1, 0.15) is 38.3 Å². The highest BCUT2D eigenvalue weighted by Crippen LogP contribution is 2.40. The topological polar surface area (TPSA) is 55.9 Å². The van der Waals surface area contributed by atoms with E-state index in [1.54, 1.807) is 0 Å². The van der Waals surface area contributed by atoms with Gasteiger partial charge >= 0.3 is 0 Å². The molecule has 5 nitrogen and oxygen atoms in total. The number of aromatic nitrogens is 4. The Morgan fingerprint density at radius 1 is 1.00 bits per heavy atom. The summed E-state index contributed by atoms with van der Waals surface area (Å²) >= 11 is 0. The van der Waals surface area contributed by atoms with Gasteiger partial charge in [-0.15, -0.1) is 5.10 Å². The SMILES string of the molecule is CCC(O)(CC)C(c1cn(C)c2ccccc12)n1nnc2ccccc21. The second-order valence-corrected chi connectivity index (χ2v) is 6.95. The average Bonchev–Trinajstić information content (AvgIpc) is 3.24. The van der Waals surface area contributed by atoms with Crippen molar-refractivity contribution in [2.75, 3.05) is 0 Å². The predicted octanol–water partition coefficient (Wildman–Crippen LogP) is 4.06. The van der Waals surface area contributed by atoms with Gasteiger partial charge in [-0.1, -0.05) is 49.4 Å². The molecule has 2 aromatic heterocycles. The van der Waals surface area contributed by atoms with Crippen molar-refractivity contribution in [1.29, 1.82) is 0 Å². The van der Waals surface area contributed by atoms with Crippen LogP contribution >= 0.6 is 0 Å². The molecular weight excluding hydrogens is 324 g/mol. The average molecular weight is 348 g/mol. The van der Waals surface area contributed by atoms with Gasteiger partial charge in [0.05, 0.1) is 11.1 Å². The number of nitrogens with zero attached hydrogens (tertiary/aromatic N) is 4. The van der Waals surface area contributed by atoms with Crippen molar-refractivity contribution in [3.8, 4) is 0 Å². The van der Waals surface area contributed by atoms with Crippen molar-refractivity contribution in [3.63, 3.8) is 0 Å². The number of fused-ring (bicyclic) bond motifs is 2. The lowest BCUT2D eigenvalue weighted by Gasteiger charge is -2.35. The zero-order valence-corrected chi connectivity index (χ0v) is 15.4. The number of hydrogen-bond acceptors (Lipinski definition) is 3. The van der Waals surface area contributed by atoms with Crippen LogP contribution in [0.2, 0.25) is 0 Å². The van der Waals surface area contributed by atoms with Gasteiger partial charge in [0, 0.05) is 29.7 Å². The molecule has 26 heavy (non-hydrogen) atoms. The summed E-state index contributed by atoms with van der Waals surface area (Å²) in [4.78, 5) is 0. The lowest BCUT2D eigenvalue weighted by Crippen LogP contribution is -2.39. The molecule has 1 N–H and O–H groups in total. The number of benzene rings is 2. The largest absolute Gasteiger partial charge is 0.387 e. The number of para-hydroxylation sites is 2. The van der Waals surface area contributed by atoms with E-state index >= 15 is 0 Å². The van der Waals surface area contributed by atoms with Gasteiger partial charge in [-0.25, -0.2) is 4.68 Å². The molecule has 1 unspecified atom stereocenters. The minimum absolute atomic E-state index is 0.309. The van der Waals surface area contributed by atoms with Crippen molar-refractivity contribution >= 4 is 21.9 Å². The normalized spacial score (nSPS) is 13.5. The monoisotopic (exact) mass is 348 g/mol. The van der Waals surface area contributed by atoms with Crippen molar-refractivity contribution in [1.82, 2.24) is 19.6 Å². The van der Waals surface area contributed by atoms with E-state index < -0.39 is 5.60 Å². The maximum absolute atomic E-state index is 11.5. The summed E-state index contributed by atoms with van der Waals surface area (Å²) in [5.41, 5.74) is 3.08. The van der Waals surface area contributed by atoms with Crippen LogP contribution in [-0.4, -0.2) is 30.3 Å². The zero-order chi connectivity index (χ0) is 18.3. The summed E-state index contributed by atoms with van der Waals surface area (Å²) in [7, 11) is 2.04. The van der Waals surface area contributed by atoms with Crippen LogP contribution in [0.5, 0.6) is 0 Å².